The van der Waals surface area contributed by atoms with Gasteiger partial charge in [0, 0.05) is 25.3 Å². The molecule has 0 saturated carbocycles. The Morgan fingerprint density at radius 1 is 1.20 bits per heavy atom. The number of halogens is 1. The Morgan fingerprint density at radius 3 is 2.75 bits per heavy atom. The van der Waals surface area contributed by atoms with Gasteiger partial charge in [0.1, 0.15) is 17.6 Å². The number of methoxy groups -OCH3 is 2. The van der Waals surface area contributed by atoms with Gasteiger partial charge in [-0.15, -0.1) is 0 Å². The number of fused-ring (bicyclic) bond motifs is 1. The van der Waals surface area contributed by atoms with Crippen molar-refractivity contribution in [3.8, 4) is 11.5 Å². The van der Waals surface area contributed by atoms with Crippen LogP contribution in [-0.2, 0) is 22.4 Å². The van der Waals surface area contributed by atoms with Crippen LogP contribution < -0.4 is 14.8 Å². The van der Waals surface area contributed by atoms with E-state index in [0.29, 0.717) is 31.9 Å². The van der Waals surface area contributed by atoms with E-state index in [1.807, 2.05) is 18.7 Å². The molecule has 3 heterocycles. The number of carboxylic acid groups (broad SMARTS) is 1. The zero-order chi connectivity index (χ0) is 28.6. The minimum absolute atomic E-state index is 0.0102. The number of ether oxygens (including phenoxy) is 3. The molecule has 2 atom stereocenters. The summed E-state index contributed by atoms with van der Waals surface area (Å²) in [4.78, 5) is 19.1. The topological polar surface area (TPSA) is 93.2 Å². The number of aliphatic carboxylic acids is 1. The number of aryl methyl sites for hydroxylation is 2. The summed E-state index contributed by atoms with van der Waals surface area (Å²) >= 11 is 0. The van der Waals surface area contributed by atoms with Crippen molar-refractivity contribution in [1.29, 1.82) is 0 Å². The molecule has 1 aromatic heterocycles. The molecule has 2 aliphatic rings. The molecule has 0 amide bonds. The van der Waals surface area contributed by atoms with Crippen LogP contribution in [0.5, 0.6) is 11.5 Å². The quantitative estimate of drug-likeness (QED) is 0.290. The first kappa shape index (κ1) is 30.1. The van der Waals surface area contributed by atoms with Crippen molar-refractivity contribution >= 4 is 11.8 Å². The molecule has 2 aliphatic heterocycles. The Kier molecular flexibility index (Phi) is 10.6. The van der Waals surface area contributed by atoms with Gasteiger partial charge in [-0.1, -0.05) is 20.3 Å². The minimum atomic E-state index is -0.999. The fourth-order valence-corrected chi connectivity index (χ4v) is 5.79. The highest BCUT2D eigenvalue weighted by Crippen LogP contribution is 2.37. The third-order valence-electron chi connectivity index (χ3n) is 8.01. The molecule has 2 N–H and O–H groups in total. The molecule has 0 aliphatic carbocycles. The molecule has 8 nitrogen and oxygen atoms in total. The van der Waals surface area contributed by atoms with Crippen molar-refractivity contribution in [1.82, 2.24) is 9.88 Å². The molecule has 40 heavy (non-hydrogen) atoms. The second-order valence-electron chi connectivity index (χ2n) is 11.2. The van der Waals surface area contributed by atoms with Crippen LogP contribution >= 0.6 is 0 Å². The van der Waals surface area contributed by atoms with Gasteiger partial charge < -0.3 is 24.6 Å². The standard InChI is InChI=1S/C31H44FN3O5/c1-20(2)23-15-24(29(39-4)25(32)16-23)28(31(36)37)35-13-11-21(18-35)19-40-14-7-5-6-10-26-27(38-3)17-22-9-8-12-33-30(22)34-26/h15-17,20-21,28H,5-14,18-19H2,1-4H3,(H,33,34)(H,36,37)/t21-,28?/m1/s1. The van der Waals surface area contributed by atoms with Gasteiger partial charge in [0.15, 0.2) is 11.6 Å². The lowest BCUT2D eigenvalue weighted by Crippen LogP contribution is -2.33. The monoisotopic (exact) mass is 557 g/mol. The maximum atomic E-state index is 14.8. The molecule has 9 heteroatoms. The molecule has 0 bridgehead atoms. The number of anilines is 1. The number of carboxylic acids is 1. The van der Waals surface area contributed by atoms with Crippen molar-refractivity contribution in [2.45, 2.75) is 70.8 Å². The van der Waals surface area contributed by atoms with Crippen molar-refractivity contribution in [3.63, 3.8) is 0 Å². The summed E-state index contributed by atoms with van der Waals surface area (Å²) in [5.41, 5.74) is 3.37. The van der Waals surface area contributed by atoms with E-state index < -0.39 is 17.8 Å². The van der Waals surface area contributed by atoms with Crippen LogP contribution in [0.25, 0.3) is 0 Å². The summed E-state index contributed by atoms with van der Waals surface area (Å²) in [6.45, 7) is 7.36. The number of nitrogens with one attached hydrogen (secondary N) is 1. The van der Waals surface area contributed by atoms with E-state index in [0.717, 1.165) is 74.3 Å². The fourth-order valence-electron chi connectivity index (χ4n) is 5.79. The van der Waals surface area contributed by atoms with Gasteiger partial charge in [-0.3, -0.25) is 9.69 Å². The molecule has 220 valence electrons. The summed E-state index contributed by atoms with van der Waals surface area (Å²) in [7, 11) is 3.09. The maximum Gasteiger partial charge on any atom is 0.325 e. The molecular weight excluding hydrogens is 513 g/mol. The summed E-state index contributed by atoms with van der Waals surface area (Å²) < 4.78 is 31.7. The van der Waals surface area contributed by atoms with Crippen LogP contribution in [0, 0.1) is 11.7 Å². The highest BCUT2D eigenvalue weighted by molar-refractivity contribution is 5.77. The Bertz CT molecular complexity index is 1160. The number of likely N-dealkylation sites (tertiary alicyclic amines) is 1. The molecular formula is C31H44FN3O5. The third-order valence-corrected chi connectivity index (χ3v) is 8.01. The summed E-state index contributed by atoms with van der Waals surface area (Å²) in [5, 5.41) is 13.5. The Hall–Kier alpha value is -2.91. The highest BCUT2D eigenvalue weighted by atomic mass is 19.1. The number of unbranched alkanes of at least 4 members (excludes halogenated alkanes) is 2. The van der Waals surface area contributed by atoms with Crippen molar-refractivity contribution in [2.24, 2.45) is 5.92 Å². The van der Waals surface area contributed by atoms with Crippen LogP contribution in [-0.4, -0.2) is 68.0 Å². The van der Waals surface area contributed by atoms with Crippen molar-refractivity contribution < 1.29 is 28.5 Å². The van der Waals surface area contributed by atoms with Crippen LogP contribution in [0.4, 0.5) is 10.2 Å². The fraction of sp³-hybridized carbons (Fsp3) is 0.613. The number of rotatable bonds is 14. The predicted molar refractivity (Wildman–Crippen MR) is 153 cm³/mol. The first-order chi connectivity index (χ1) is 19.3. The van der Waals surface area contributed by atoms with Crippen molar-refractivity contribution in [2.75, 3.05) is 52.4 Å². The smallest absolute Gasteiger partial charge is 0.325 e. The lowest BCUT2D eigenvalue weighted by atomic mass is 9.95. The predicted octanol–water partition coefficient (Wildman–Crippen LogP) is 5.60. The van der Waals surface area contributed by atoms with Crippen LogP contribution in [0.15, 0.2) is 18.2 Å². The summed E-state index contributed by atoms with van der Waals surface area (Å²) in [6, 6.07) is 4.38. The number of hydrogen-bond donors (Lipinski definition) is 2. The van der Waals surface area contributed by atoms with Crippen molar-refractivity contribution in [3.05, 3.63) is 46.4 Å². The number of carbonyl (C=O) groups is 1. The number of nitrogens with zero attached hydrogens (tertiary/aromatic N) is 2. The van der Waals surface area contributed by atoms with Crippen LogP contribution in [0.3, 0.4) is 0 Å². The second kappa shape index (κ2) is 14.1. The molecule has 1 unspecified atom stereocenters. The first-order valence-corrected chi connectivity index (χ1v) is 14.5. The number of benzene rings is 1. The summed E-state index contributed by atoms with van der Waals surface area (Å²) in [5.74, 6) is 0.672. The van der Waals surface area contributed by atoms with E-state index in [1.165, 1.54) is 18.7 Å². The maximum absolute atomic E-state index is 14.8. The van der Waals surface area contributed by atoms with Gasteiger partial charge in [-0.2, -0.15) is 0 Å². The lowest BCUT2D eigenvalue weighted by molar-refractivity contribution is -0.143. The van der Waals surface area contributed by atoms with Gasteiger partial charge >= 0.3 is 5.97 Å². The average molecular weight is 558 g/mol. The zero-order valence-corrected chi connectivity index (χ0v) is 24.3. The molecule has 1 aromatic carbocycles. The normalized spacial score (nSPS) is 17.9. The molecule has 0 radical (unpaired) electrons. The van der Waals surface area contributed by atoms with Gasteiger partial charge in [0.05, 0.1) is 26.5 Å². The third kappa shape index (κ3) is 7.23. The summed E-state index contributed by atoms with van der Waals surface area (Å²) in [6.07, 6.45) is 6.87. The first-order valence-electron chi connectivity index (χ1n) is 14.5. The van der Waals surface area contributed by atoms with Gasteiger partial charge in [-0.25, -0.2) is 9.37 Å². The van der Waals surface area contributed by atoms with E-state index in [-0.39, 0.29) is 17.6 Å². The van der Waals surface area contributed by atoms with Gasteiger partial charge in [0.25, 0.3) is 0 Å². The largest absolute Gasteiger partial charge is 0.495 e. The zero-order valence-electron chi connectivity index (χ0n) is 24.3. The molecule has 4 rings (SSSR count). The molecule has 1 saturated heterocycles. The number of hydrogen-bond acceptors (Lipinski definition) is 7. The molecule has 1 fully saturated rings. The van der Waals surface area contributed by atoms with E-state index >= 15 is 0 Å². The Labute approximate surface area is 237 Å². The second-order valence-corrected chi connectivity index (χ2v) is 11.2. The Balaban J connectivity index is 1.23. The number of pyridine rings is 1. The van der Waals surface area contributed by atoms with Crippen LogP contribution in [0.1, 0.15) is 80.3 Å². The highest BCUT2D eigenvalue weighted by Gasteiger charge is 2.36. The van der Waals surface area contributed by atoms with Gasteiger partial charge in [0.2, 0.25) is 0 Å². The van der Waals surface area contributed by atoms with Gasteiger partial charge in [-0.05, 0) is 86.2 Å². The molecule has 2 aromatic rings. The lowest BCUT2D eigenvalue weighted by Gasteiger charge is -2.27. The minimum Gasteiger partial charge on any atom is -0.495 e. The Morgan fingerprint density at radius 2 is 2.02 bits per heavy atom. The van der Waals surface area contributed by atoms with E-state index in [9.17, 15) is 14.3 Å². The van der Waals surface area contributed by atoms with E-state index in [1.54, 1.807) is 13.2 Å². The average Bonchev–Trinajstić information content (AvgIpc) is 3.39. The number of aromatic nitrogens is 1. The SMILES string of the molecule is COc1cc2c(nc1CCCCCOC[C@@H]1CCN(C(C(=O)O)c3cc(C(C)C)cc(F)c3OC)C1)NCCC2. The molecule has 0 spiro atoms. The van der Waals surface area contributed by atoms with Crippen LogP contribution in [0.2, 0.25) is 0 Å². The van der Waals surface area contributed by atoms with E-state index in [4.69, 9.17) is 19.2 Å². The van der Waals surface area contributed by atoms with E-state index in [2.05, 4.69) is 11.4 Å².